The Morgan fingerprint density at radius 3 is 2.28 bits per heavy atom. The fraction of sp³-hybridized carbons (Fsp3) is 0.286. The molecule has 29 heavy (non-hydrogen) atoms. The first-order valence-corrected chi connectivity index (χ1v) is 9.32. The van der Waals surface area contributed by atoms with Gasteiger partial charge < -0.3 is 9.80 Å². The normalized spacial score (nSPS) is 19.1. The summed E-state index contributed by atoms with van der Waals surface area (Å²) >= 11 is 0. The lowest BCUT2D eigenvalue weighted by Crippen LogP contribution is -2.36. The molecule has 2 heterocycles. The number of halogens is 2. The average Bonchev–Trinajstić information content (AvgIpc) is 3.37. The molecule has 0 bridgehead atoms. The first-order chi connectivity index (χ1) is 13.9. The summed E-state index contributed by atoms with van der Waals surface area (Å²) in [5.74, 6) is -0.333. The zero-order valence-electron chi connectivity index (χ0n) is 16.1. The summed E-state index contributed by atoms with van der Waals surface area (Å²) in [5.41, 5.74) is 1.61. The highest BCUT2D eigenvalue weighted by molar-refractivity contribution is 5.91. The van der Waals surface area contributed by atoms with Gasteiger partial charge in [-0.3, -0.25) is 9.89 Å². The molecule has 1 unspecified atom stereocenters. The van der Waals surface area contributed by atoms with Crippen LogP contribution in [-0.4, -0.2) is 64.1 Å². The number of hydrogen-bond donors (Lipinski definition) is 1. The molecule has 0 aliphatic carbocycles. The number of benzene rings is 2. The summed E-state index contributed by atoms with van der Waals surface area (Å²) in [7, 11) is 3.94. The third kappa shape index (κ3) is 3.88. The molecule has 1 aromatic heterocycles. The van der Waals surface area contributed by atoms with Crippen molar-refractivity contribution >= 4 is 5.91 Å². The molecule has 1 saturated heterocycles. The van der Waals surface area contributed by atoms with Crippen LogP contribution in [0.3, 0.4) is 0 Å². The van der Waals surface area contributed by atoms with E-state index in [4.69, 9.17) is 0 Å². The van der Waals surface area contributed by atoms with Gasteiger partial charge in [0.25, 0.3) is 5.91 Å². The van der Waals surface area contributed by atoms with Crippen LogP contribution in [0.25, 0.3) is 11.4 Å². The second-order valence-electron chi connectivity index (χ2n) is 7.41. The lowest BCUT2D eigenvalue weighted by Gasteiger charge is -2.25. The van der Waals surface area contributed by atoms with E-state index in [2.05, 4.69) is 20.1 Å². The van der Waals surface area contributed by atoms with Crippen LogP contribution in [0, 0.1) is 11.6 Å². The number of nitrogens with zero attached hydrogens (tertiary/aromatic N) is 4. The monoisotopic (exact) mass is 397 g/mol. The van der Waals surface area contributed by atoms with Gasteiger partial charge in [-0.2, -0.15) is 5.10 Å². The number of H-pyrrole nitrogens is 1. The molecule has 3 aromatic rings. The number of carbonyl (C=O) groups is 1. The molecule has 2 aromatic carbocycles. The number of aromatic amines is 1. The number of rotatable bonds is 4. The highest BCUT2D eigenvalue weighted by atomic mass is 19.1. The standard InChI is InChI=1S/C21H21F2N5O/c1-27(2)18-12-28(11-17(18)13-3-7-15(22)8-4-13)21(29)20-24-19(25-26-20)14-5-9-16(23)10-6-14/h3-10,17-18H,11-12H2,1-2H3,(H,24,25,26)/t17-,18?/m1/s1. The number of aromatic nitrogens is 3. The zero-order valence-corrected chi connectivity index (χ0v) is 16.1. The summed E-state index contributed by atoms with van der Waals surface area (Å²) in [5, 5.41) is 6.78. The van der Waals surface area contributed by atoms with Crippen LogP contribution >= 0.6 is 0 Å². The van der Waals surface area contributed by atoms with Crippen LogP contribution in [0.15, 0.2) is 48.5 Å². The molecule has 4 rings (SSSR count). The number of likely N-dealkylation sites (N-methyl/N-ethyl adjacent to an activating group) is 1. The van der Waals surface area contributed by atoms with E-state index in [1.165, 1.54) is 24.3 Å². The number of likely N-dealkylation sites (tertiary alicyclic amines) is 1. The highest BCUT2D eigenvalue weighted by Crippen LogP contribution is 2.31. The number of carbonyl (C=O) groups excluding carboxylic acids is 1. The number of nitrogens with one attached hydrogen (secondary N) is 1. The molecule has 2 atom stereocenters. The number of amides is 1. The average molecular weight is 397 g/mol. The van der Waals surface area contributed by atoms with Gasteiger partial charge >= 0.3 is 0 Å². The molecule has 1 fully saturated rings. The van der Waals surface area contributed by atoms with Crippen LogP contribution in [0.5, 0.6) is 0 Å². The Hall–Kier alpha value is -3.13. The van der Waals surface area contributed by atoms with Crippen LogP contribution < -0.4 is 0 Å². The molecule has 1 aliphatic rings. The summed E-state index contributed by atoms with van der Waals surface area (Å²) in [6.07, 6.45) is 0. The first kappa shape index (κ1) is 19.2. The Bertz CT molecular complexity index is 1000. The molecule has 0 saturated carbocycles. The van der Waals surface area contributed by atoms with Crippen molar-refractivity contribution in [2.75, 3.05) is 27.2 Å². The third-order valence-electron chi connectivity index (χ3n) is 5.33. The summed E-state index contributed by atoms with van der Waals surface area (Å²) in [6, 6.07) is 12.3. The Balaban J connectivity index is 1.54. The molecule has 0 radical (unpaired) electrons. The Kier molecular flexibility index (Phi) is 5.10. The molecule has 6 nitrogen and oxygen atoms in total. The minimum Gasteiger partial charge on any atom is -0.334 e. The van der Waals surface area contributed by atoms with Crippen molar-refractivity contribution in [3.63, 3.8) is 0 Å². The van der Waals surface area contributed by atoms with E-state index in [9.17, 15) is 13.6 Å². The van der Waals surface area contributed by atoms with Crippen molar-refractivity contribution in [3.05, 3.63) is 71.6 Å². The van der Waals surface area contributed by atoms with Gasteiger partial charge in [-0.15, -0.1) is 0 Å². The zero-order chi connectivity index (χ0) is 20.5. The van der Waals surface area contributed by atoms with Gasteiger partial charge in [0.2, 0.25) is 5.82 Å². The Morgan fingerprint density at radius 1 is 1.03 bits per heavy atom. The second-order valence-corrected chi connectivity index (χ2v) is 7.41. The number of hydrogen-bond acceptors (Lipinski definition) is 4. The van der Waals surface area contributed by atoms with Gasteiger partial charge in [0.1, 0.15) is 11.6 Å². The summed E-state index contributed by atoms with van der Waals surface area (Å²) in [4.78, 5) is 21.1. The lowest BCUT2D eigenvalue weighted by molar-refractivity contribution is 0.0771. The fourth-order valence-corrected chi connectivity index (χ4v) is 3.75. The molecule has 1 aliphatic heterocycles. The van der Waals surface area contributed by atoms with Gasteiger partial charge in [-0.25, -0.2) is 13.8 Å². The highest BCUT2D eigenvalue weighted by Gasteiger charge is 2.38. The first-order valence-electron chi connectivity index (χ1n) is 9.32. The molecule has 0 spiro atoms. The van der Waals surface area contributed by atoms with Gasteiger partial charge in [0.05, 0.1) is 0 Å². The van der Waals surface area contributed by atoms with Crippen LogP contribution in [-0.2, 0) is 0 Å². The predicted octanol–water partition coefficient (Wildman–Crippen LogP) is 2.92. The Morgan fingerprint density at radius 2 is 1.66 bits per heavy atom. The van der Waals surface area contributed by atoms with Crippen molar-refractivity contribution in [2.24, 2.45) is 0 Å². The van der Waals surface area contributed by atoms with Gasteiger partial charge in [0, 0.05) is 30.6 Å². The maximum absolute atomic E-state index is 13.3. The van der Waals surface area contributed by atoms with Crippen molar-refractivity contribution < 1.29 is 13.6 Å². The summed E-state index contributed by atoms with van der Waals surface area (Å²) < 4.78 is 26.4. The molecule has 1 amide bonds. The minimum absolute atomic E-state index is 0.0639. The van der Waals surface area contributed by atoms with Gasteiger partial charge in [0.15, 0.2) is 5.82 Å². The van der Waals surface area contributed by atoms with E-state index < -0.39 is 0 Å². The van der Waals surface area contributed by atoms with Crippen molar-refractivity contribution in [1.29, 1.82) is 0 Å². The quantitative estimate of drug-likeness (QED) is 0.735. The van der Waals surface area contributed by atoms with E-state index >= 15 is 0 Å². The second kappa shape index (κ2) is 7.71. The fourth-order valence-electron chi connectivity index (χ4n) is 3.75. The van der Waals surface area contributed by atoms with E-state index in [1.54, 1.807) is 29.2 Å². The van der Waals surface area contributed by atoms with Crippen LogP contribution in [0.4, 0.5) is 8.78 Å². The molecule has 1 N–H and O–H groups in total. The third-order valence-corrected chi connectivity index (χ3v) is 5.33. The molecule has 8 heteroatoms. The molecular formula is C21H21F2N5O. The van der Waals surface area contributed by atoms with E-state index in [0.29, 0.717) is 24.5 Å². The topological polar surface area (TPSA) is 65.1 Å². The summed E-state index contributed by atoms with van der Waals surface area (Å²) in [6.45, 7) is 1.03. The Labute approximate surface area is 167 Å². The van der Waals surface area contributed by atoms with E-state index in [0.717, 1.165) is 5.56 Å². The predicted molar refractivity (Wildman–Crippen MR) is 104 cm³/mol. The van der Waals surface area contributed by atoms with Gasteiger partial charge in [-0.05, 0) is 56.1 Å². The smallest absolute Gasteiger partial charge is 0.291 e. The van der Waals surface area contributed by atoms with Crippen molar-refractivity contribution in [2.45, 2.75) is 12.0 Å². The largest absolute Gasteiger partial charge is 0.334 e. The van der Waals surface area contributed by atoms with E-state index in [-0.39, 0.29) is 35.3 Å². The maximum Gasteiger partial charge on any atom is 0.291 e. The van der Waals surface area contributed by atoms with E-state index in [1.807, 2.05) is 14.1 Å². The SMILES string of the molecule is CN(C)C1CN(C(=O)c2nc(-c3ccc(F)cc3)n[nH]2)C[C@@H]1c1ccc(F)cc1. The molecule has 150 valence electrons. The molecular weight excluding hydrogens is 376 g/mol. The lowest BCUT2D eigenvalue weighted by atomic mass is 9.94. The van der Waals surface area contributed by atoms with Gasteiger partial charge in [-0.1, -0.05) is 12.1 Å². The van der Waals surface area contributed by atoms with Crippen molar-refractivity contribution in [3.8, 4) is 11.4 Å². The van der Waals surface area contributed by atoms with Crippen molar-refractivity contribution in [1.82, 2.24) is 25.0 Å². The minimum atomic E-state index is -0.348. The maximum atomic E-state index is 13.3. The van der Waals surface area contributed by atoms with Crippen LogP contribution in [0.2, 0.25) is 0 Å². The van der Waals surface area contributed by atoms with Crippen LogP contribution in [0.1, 0.15) is 22.1 Å².